The minimum atomic E-state index is -0.467. The maximum atomic E-state index is 13.3. The Morgan fingerprint density at radius 3 is 2.79 bits per heavy atom. The van der Waals surface area contributed by atoms with Crippen molar-refractivity contribution >= 4 is 27.5 Å². The van der Waals surface area contributed by atoms with Crippen molar-refractivity contribution < 1.29 is 9.18 Å². The first kappa shape index (κ1) is 17.7. The van der Waals surface area contributed by atoms with Crippen molar-refractivity contribution in [3.63, 3.8) is 0 Å². The SMILES string of the molecule is Cc1nc2sccc2c(=O)n1NC(=O)c1nn(-c2ccc(F)cc2)c2c1CCC2. The third-order valence-electron chi connectivity index (χ3n) is 5.10. The molecule has 0 bridgehead atoms. The van der Waals surface area contributed by atoms with Crippen molar-refractivity contribution in [1.29, 1.82) is 0 Å². The first-order valence-electron chi connectivity index (χ1n) is 9.18. The van der Waals surface area contributed by atoms with E-state index < -0.39 is 5.91 Å². The fourth-order valence-electron chi connectivity index (χ4n) is 3.72. The molecule has 7 nitrogen and oxygen atoms in total. The molecule has 1 aliphatic carbocycles. The molecule has 3 heterocycles. The summed E-state index contributed by atoms with van der Waals surface area (Å²) in [5.74, 6) is -0.403. The predicted octanol–water partition coefficient (Wildman–Crippen LogP) is 2.96. The summed E-state index contributed by atoms with van der Waals surface area (Å²) in [7, 11) is 0. The van der Waals surface area contributed by atoms with Gasteiger partial charge < -0.3 is 0 Å². The Balaban J connectivity index is 1.55. The standard InChI is InChI=1S/C20H16FN5O2S/c1-11-22-19-15(9-10-29-19)20(28)25(11)24-18(27)17-14-3-2-4-16(14)26(23-17)13-7-5-12(21)6-8-13/h5-10H,2-4H2,1H3,(H,24,27). The van der Waals surface area contributed by atoms with Crippen LogP contribution in [0.2, 0.25) is 0 Å². The lowest BCUT2D eigenvalue weighted by atomic mass is 10.2. The van der Waals surface area contributed by atoms with Crippen LogP contribution in [0.3, 0.4) is 0 Å². The average molecular weight is 409 g/mol. The molecular weight excluding hydrogens is 393 g/mol. The van der Waals surface area contributed by atoms with Gasteiger partial charge in [0, 0.05) is 11.3 Å². The van der Waals surface area contributed by atoms with Gasteiger partial charge >= 0.3 is 0 Å². The number of nitrogens with zero attached hydrogens (tertiary/aromatic N) is 4. The van der Waals surface area contributed by atoms with E-state index in [1.165, 1.54) is 23.5 Å². The molecule has 3 aromatic heterocycles. The molecule has 0 saturated carbocycles. The van der Waals surface area contributed by atoms with Gasteiger partial charge in [0.05, 0.1) is 11.1 Å². The highest BCUT2D eigenvalue weighted by atomic mass is 32.1. The molecule has 5 rings (SSSR count). The molecule has 1 aliphatic rings. The van der Waals surface area contributed by atoms with E-state index in [-0.39, 0.29) is 17.1 Å². The molecule has 0 aliphatic heterocycles. The van der Waals surface area contributed by atoms with Crippen LogP contribution in [-0.2, 0) is 12.8 Å². The number of halogens is 1. The molecule has 4 aromatic rings. The number of hydrogen-bond donors (Lipinski definition) is 1. The van der Waals surface area contributed by atoms with Crippen molar-refractivity contribution in [2.75, 3.05) is 5.43 Å². The van der Waals surface area contributed by atoms with Gasteiger partial charge in [0.15, 0.2) is 5.69 Å². The van der Waals surface area contributed by atoms with E-state index in [1.54, 1.807) is 35.2 Å². The van der Waals surface area contributed by atoms with Crippen LogP contribution in [0, 0.1) is 12.7 Å². The summed E-state index contributed by atoms with van der Waals surface area (Å²) in [5.41, 5.74) is 5.10. The van der Waals surface area contributed by atoms with Crippen molar-refractivity contribution in [1.82, 2.24) is 19.4 Å². The summed E-state index contributed by atoms with van der Waals surface area (Å²) >= 11 is 1.38. The fraction of sp³-hybridized carbons (Fsp3) is 0.200. The van der Waals surface area contributed by atoms with Crippen molar-refractivity contribution in [3.05, 3.63) is 74.7 Å². The monoisotopic (exact) mass is 409 g/mol. The maximum absolute atomic E-state index is 13.3. The molecule has 146 valence electrons. The fourth-order valence-corrected chi connectivity index (χ4v) is 4.52. The van der Waals surface area contributed by atoms with Gasteiger partial charge in [0.25, 0.3) is 11.5 Å². The van der Waals surface area contributed by atoms with Crippen LogP contribution in [0.4, 0.5) is 4.39 Å². The first-order chi connectivity index (χ1) is 14.0. The molecule has 1 aromatic carbocycles. The Hall–Kier alpha value is -3.33. The lowest BCUT2D eigenvalue weighted by Gasteiger charge is -2.10. The van der Waals surface area contributed by atoms with Gasteiger partial charge in [-0.15, -0.1) is 11.3 Å². The Bertz CT molecular complexity index is 1320. The van der Waals surface area contributed by atoms with Crippen molar-refractivity contribution in [2.45, 2.75) is 26.2 Å². The second-order valence-corrected chi connectivity index (χ2v) is 7.79. The minimum Gasteiger partial charge on any atom is -0.267 e. The third-order valence-corrected chi connectivity index (χ3v) is 5.90. The van der Waals surface area contributed by atoms with E-state index in [0.29, 0.717) is 21.7 Å². The van der Waals surface area contributed by atoms with Gasteiger partial charge in [0.2, 0.25) is 0 Å². The zero-order valence-corrected chi connectivity index (χ0v) is 16.3. The van der Waals surface area contributed by atoms with E-state index in [2.05, 4.69) is 15.5 Å². The van der Waals surface area contributed by atoms with Gasteiger partial charge in [0.1, 0.15) is 16.5 Å². The summed E-state index contributed by atoms with van der Waals surface area (Å²) < 4.78 is 16.1. The number of nitrogens with one attached hydrogen (secondary N) is 1. The molecule has 0 radical (unpaired) electrons. The Morgan fingerprint density at radius 1 is 1.21 bits per heavy atom. The van der Waals surface area contributed by atoms with Crippen molar-refractivity contribution in [2.24, 2.45) is 0 Å². The number of carbonyl (C=O) groups is 1. The Labute approximate surface area is 168 Å². The molecule has 0 saturated heterocycles. The lowest BCUT2D eigenvalue weighted by molar-refractivity contribution is 0.1000. The highest BCUT2D eigenvalue weighted by molar-refractivity contribution is 7.16. The number of aromatic nitrogens is 4. The quantitative estimate of drug-likeness (QED) is 0.564. The Kier molecular flexibility index (Phi) is 4.06. The highest BCUT2D eigenvalue weighted by Gasteiger charge is 2.27. The highest BCUT2D eigenvalue weighted by Crippen LogP contribution is 2.28. The molecular formula is C20H16FN5O2S. The van der Waals surface area contributed by atoms with Gasteiger partial charge in [-0.25, -0.2) is 18.7 Å². The summed E-state index contributed by atoms with van der Waals surface area (Å²) in [5, 5.41) is 6.74. The molecule has 0 unspecified atom stereocenters. The second-order valence-electron chi connectivity index (χ2n) is 6.90. The van der Waals surface area contributed by atoms with Crippen LogP contribution < -0.4 is 11.0 Å². The number of rotatable bonds is 3. The van der Waals surface area contributed by atoms with E-state index >= 15 is 0 Å². The second kappa shape index (κ2) is 6.63. The van der Waals surface area contributed by atoms with Gasteiger partial charge in [-0.05, 0) is 61.9 Å². The number of hydrogen-bond acceptors (Lipinski definition) is 5. The molecule has 1 N–H and O–H groups in total. The van der Waals surface area contributed by atoms with Gasteiger partial charge in [-0.1, -0.05) is 0 Å². The molecule has 0 atom stereocenters. The normalized spacial score (nSPS) is 13.0. The van der Waals surface area contributed by atoms with Crippen LogP contribution in [0.15, 0.2) is 40.5 Å². The van der Waals surface area contributed by atoms with E-state index in [9.17, 15) is 14.0 Å². The summed E-state index contributed by atoms with van der Waals surface area (Å²) in [6.07, 6.45) is 2.43. The molecule has 9 heteroatoms. The number of fused-ring (bicyclic) bond motifs is 2. The van der Waals surface area contributed by atoms with Crippen LogP contribution in [-0.4, -0.2) is 25.3 Å². The van der Waals surface area contributed by atoms with Crippen LogP contribution in [0.25, 0.3) is 15.9 Å². The third kappa shape index (κ3) is 2.85. The molecule has 0 fully saturated rings. The van der Waals surface area contributed by atoms with E-state index in [4.69, 9.17) is 0 Å². The number of thiophene rings is 1. The molecule has 0 spiro atoms. The maximum Gasteiger partial charge on any atom is 0.291 e. The topological polar surface area (TPSA) is 81.8 Å². The van der Waals surface area contributed by atoms with Gasteiger partial charge in [-0.3, -0.25) is 15.0 Å². The summed E-state index contributed by atoms with van der Waals surface area (Å²) in [4.78, 5) is 30.8. The van der Waals surface area contributed by atoms with Crippen LogP contribution >= 0.6 is 11.3 Å². The number of benzene rings is 1. The van der Waals surface area contributed by atoms with Crippen molar-refractivity contribution in [3.8, 4) is 5.69 Å². The predicted molar refractivity (Wildman–Crippen MR) is 108 cm³/mol. The van der Waals surface area contributed by atoms with E-state index in [0.717, 1.165) is 35.2 Å². The minimum absolute atomic E-state index is 0.276. The first-order valence-corrected chi connectivity index (χ1v) is 10.1. The largest absolute Gasteiger partial charge is 0.291 e. The van der Waals surface area contributed by atoms with E-state index in [1.807, 2.05) is 0 Å². The summed E-state index contributed by atoms with van der Waals surface area (Å²) in [6.45, 7) is 1.67. The molecule has 1 amide bonds. The van der Waals surface area contributed by atoms with Crippen LogP contribution in [0.1, 0.15) is 34.0 Å². The smallest absolute Gasteiger partial charge is 0.267 e. The summed E-state index contributed by atoms with van der Waals surface area (Å²) in [6, 6.07) is 7.68. The zero-order valence-electron chi connectivity index (χ0n) is 15.5. The number of aryl methyl sites for hydroxylation is 1. The van der Waals surface area contributed by atoms with Crippen LogP contribution in [0.5, 0.6) is 0 Å². The Morgan fingerprint density at radius 2 is 2.00 bits per heavy atom. The zero-order chi connectivity index (χ0) is 20.1. The average Bonchev–Trinajstić information content (AvgIpc) is 3.42. The molecule has 29 heavy (non-hydrogen) atoms. The lowest BCUT2D eigenvalue weighted by Crippen LogP contribution is -2.35. The number of carbonyl (C=O) groups excluding carboxylic acids is 1. The number of amides is 1. The van der Waals surface area contributed by atoms with Gasteiger partial charge in [-0.2, -0.15) is 5.10 Å².